The van der Waals surface area contributed by atoms with Crippen molar-refractivity contribution in [1.82, 2.24) is 10.2 Å². The molecule has 90 valence electrons. The molecular weight excluding hydrogens is 184 g/mol. The number of piperazine rings is 1. The fraction of sp³-hybridized carbons (Fsp3) is 1.00. The monoisotopic (exact) mass is 212 g/mol. The van der Waals surface area contributed by atoms with E-state index in [0.717, 1.165) is 6.54 Å². The fourth-order valence-electron chi connectivity index (χ4n) is 2.34. The quantitative estimate of drug-likeness (QED) is 0.681. The molecular formula is C13H28N2. The third kappa shape index (κ3) is 4.52. The highest BCUT2D eigenvalue weighted by Gasteiger charge is 2.28. The number of hydrogen-bond donors (Lipinski definition) is 1. The molecule has 1 heterocycles. The highest BCUT2D eigenvalue weighted by atomic mass is 15.2. The van der Waals surface area contributed by atoms with Crippen LogP contribution in [0.25, 0.3) is 0 Å². The molecule has 0 aromatic rings. The first kappa shape index (κ1) is 13.0. The molecule has 1 aliphatic rings. The molecule has 2 heteroatoms. The Hall–Kier alpha value is -0.0800. The van der Waals surface area contributed by atoms with Crippen LogP contribution in [0.15, 0.2) is 0 Å². The van der Waals surface area contributed by atoms with Gasteiger partial charge in [-0.3, -0.25) is 4.90 Å². The summed E-state index contributed by atoms with van der Waals surface area (Å²) in [5, 5.41) is 3.47. The molecule has 0 atom stereocenters. The number of rotatable bonds is 6. The first-order chi connectivity index (χ1) is 7.17. The topological polar surface area (TPSA) is 15.3 Å². The van der Waals surface area contributed by atoms with Crippen molar-refractivity contribution in [3.8, 4) is 0 Å². The third-order valence-corrected chi connectivity index (χ3v) is 3.50. The van der Waals surface area contributed by atoms with E-state index < -0.39 is 0 Å². The van der Waals surface area contributed by atoms with Gasteiger partial charge >= 0.3 is 0 Å². The van der Waals surface area contributed by atoms with Gasteiger partial charge in [0, 0.05) is 25.2 Å². The Balaban J connectivity index is 2.13. The minimum atomic E-state index is 0.364. The third-order valence-electron chi connectivity index (χ3n) is 3.50. The predicted molar refractivity (Wildman–Crippen MR) is 67.3 cm³/mol. The number of unbranched alkanes of at least 4 members (excludes halogenated alkanes) is 4. The van der Waals surface area contributed by atoms with Gasteiger partial charge in [-0.1, -0.05) is 32.6 Å². The van der Waals surface area contributed by atoms with Gasteiger partial charge in [0.1, 0.15) is 0 Å². The molecule has 15 heavy (non-hydrogen) atoms. The molecule has 1 aliphatic heterocycles. The van der Waals surface area contributed by atoms with Crippen molar-refractivity contribution >= 4 is 0 Å². The van der Waals surface area contributed by atoms with Crippen LogP contribution in [0.1, 0.15) is 52.9 Å². The highest BCUT2D eigenvalue weighted by molar-refractivity contribution is 4.87. The van der Waals surface area contributed by atoms with Crippen LogP contribution in [-0.4, -0.2) is 36.6 Å². The Labute approximate surface area is 95.4 Å². The maximum absolute atomic E-state index is 3.47. The Morgan fingerprint density at radius 1 is 1.13 bits per heavy atom. The molecule has 0 amide bonds. The van der Waals surface area contributed by atoms with Crippen LogP contribution >= 0.6 is 0 Å². The standard InChI is InChI=1S/C13H28N2/c1-4-5-6-7-8-10-15-11-9-14-12-13(15,2)3/h14H,4-12H2,1-3H3. The van der Waals surface area contributed by atoms with Gasteiger partial charge in [-0.2, -0.15) is 0 Å². The van der Waals surface area contributed by atoms with E-state index in [1.807, 2.05) is 0 Å². The van der Waals surface area contributed by atoms with E-state index in [0.29, 0.717) is 5.54 Å². The van der Waals surface area contributed by atoms with Gasteiger partial charge in [0.15, 0.2) is 0 Å². The molecule has 0 unspecified atom stereocenters. The molecule has 0 bridgehead atoms. The van der Waals surface area contributed by atoms with Crippen molar-refractivity contribution < 1.29 is 0 Å². The number of nitrogens with one attached hydrogen (secondary N) is 1. The zero-order valence-corrected chi connectivity index (χ0v) is 10.8. The lowest BCUT2D eigenvalue weighted by atomic mass is 9.99. The summed E-state index contributed by atoms with van der Waals surface area (Å²) in [6.45, 7) is 11.8. The van der Waals surface area contributed by atoms with Crippen LogP contribution in [0, 0.1) is 0 Å². The summed E-state index contributed by atoms with van der Waals surface area (Å²) in [7, 11) is 0. The van der Waals surface area contributed by atoms with Crippen molar-refractivity contribution in [1.29, 1.82) is 0 Å². The van der Waals surface area contributed by atoms with Gasteiger partial charge in [0.05, 0.1) is 0 Å². The minimum absolute atomic E-state index is 0.364. The van der Waals surface area contributed by atoms with Gasteiger partial charge in [-0.15, -0.1) is 0 Å². The lowest BCUT2D eigenvalue weighted by molar-refractivity contribution is 0.0886. The SMILES string of the molecule is CCCCCCCN1CCNCC1(C)C. The molecule has 1 rings (SSSR count). The molecule has 0 aromatic carbocycles. The number of hydrogen-bond acceptors (Lipinski definition) is 2. The second kappa shape index (κ2) is 6.49. The van der Waals surface area contributed by atoms with Crippen molar-refractivity contribution in [3.05, 3.63) is 0 Å². The Kier molecular flexibility index (Phi) is 5.62. The normalized spacial score (nSPS) is 21.8. The molecule has 0 radical (unpaired) electrons. The molecule has 1 N–H and O–H groups in total. The van der Waals surface area contributed by atoms with Gasteiger partial charge in [-0.25, -0.2) is 0 Å². The van der Waals surface area contributed by atoms with Crippen molar-refractivity contribution in [2.24, 2.45) is 0 Å². The van der Waals surface area contributed by atoms with Gasteiger partial charge in [0.25, 0.3) is 0 Å². The summed E-state index contributed by atoms with van der Waals surface area (Å²) in [5.41, 5.74) is 0.364. The van der Waals surface area contributed by atoms with E-state index in [-0.39, 0.29) is 0 Å². The summed E-state index contributed by atoms with van der Waals surface area (Å²) >= 11 is 0. The molecule has 1 saturated heterocycles. The van der Waals surface area contributed by atoms with Crippen LogP contribution < -0.4 is 5.32 Å². The van der Waals surface area contributed by atoms with E-state index in [2.05, 4.69) is 31.0 Å². The summed E-state index contributed by atoms with van der Waals surface area (Å²) in [4.78, 5) is 2.65. The summed E-state index contributed by atoms with van der Waals surface area (Å²) in [6.07, 6.45) is 6.96. The fourth-order valence-corrected chi connectivity index (χ4v) is 2.34. The van der Waals surface area contributed by atoms with E-state index >= 15 is 0 Å². The van der Waals surface area contributed by atoms with Crippen molar-refractivity contribution in [3.63, 3.8) is 0 Å². The highest BCUT2D eigenvalue weighted by Crippen LogP contribution is 2.17. The maximum atomic E-state index is 3.47. The predicted octanol–water partition coefficient (Wildman–Crippen LogP) is 2.64. The summed E-state index contributed by atoms with van der Waals surface area (Å²) < 4.78 is 0. The molecule has 0 saturated carbocycles. The minimum Gasteiger partial charge on any atom is -0.314 e. The van der Waals surface area contributed by atoms with Gasteiger partial charge < -0.3 is 5.32 Å². The van der Waals surface area contributed by atoms with E-state index in [1.54, 1.807) is 0 Å². The smallest absolute Gasteiger partial charge is 0.0278 e. The zero-order valence-electron chi connectivity index (χ0n) is 10.8. The average Bonchev–Trinajstić information content (AvgIpc) is 2.19. The molecule has 2 nitrogen and oxygen atoms in total. The Bertz CT molecular complexity index is 166. The van der Waals surface area contributed by atoms with Crippen LogP contribution in [0.4, 0.5) is 0 Å². The zero-order chi connectivity index (χ0) is 11.1. The Morgan fingerprint density at radius 2 is 1.87 bits per heavy atom. The second-order valence-electron chi connectivity index (χ2n) is 5.39. The molecule has 0 spiro atoms. The van der Waals surface area contributed by atoms with E-state index in [1.165, 1.54) is 51.7 Å². The summed E-state index contributed by atoms with van der Waals surface area (Å²) in [5.74, 6) is 0. The average molecular weight is 212 g/mol. The second-order valence-corrected chi connectivity index (χ2v) is 5.39. The lowest BCUT2D eigenvalue weighted by Gasteiger charge is -2.43. The molecule has 1 fully saturated rings. The molecule has 0 aromatic heterocycles. The van der Waals surface area contributed by atoms with Gasteiger partial charge in [-0.05, 0) is 26.8 Å². The maximum Gasteiger partial charge on any atom is 0.0278 e. The molecule has 0 aliphatic carbocycles. The first-order valence-electron chi connectivity index (χ1n) is 6.62. The van der Waals surface area contributed by atoms with Crippen LogP contribution in [0.2, 0.25) is 0 Å². The number of nitrogens with zero attached hydrogens (tertiary/aromatic N) is 1. The largest absolute Gasteiger partial charge is 0.314 e. The Morgan fingerprint density at radius 3 is 2.53 bits per heavy atom. The first-order valence-corrected chi connectivity index (χ1v) is 6.62. The lowest BCUT2D eigenvalue weighted by Crippen LogP contribution is -2.57. The van der Waals surface area contributed by atoms with Crippen LogP contribution in [-0.2, 0) is 0 Å². The van der Waals surface area contributed by atoms with E-state index in [9.17, 15) is 0 Å². The van der Waals surface area contributed by atoms with Gasteiger partial charge in [0.2, 0.25) is 0 Å². The van der Waals surface area contributed by atoms with Crippen LogP contribution in [0.3, 0.4) is 0 Å². The van der Waals surface area contributed by atoms with Crippen LogP contribution in [0.5, 0.6) is 0 Å². The van der Waals surface area contributed by atoms with E-state index in [4.69, 9.17) is 0 Å². The van der Waals surface area contributed by atoms with Crippen molar-refractivity contribution in [2.75, 3.05) is 26.2 Å². The summed E-state index contributed by atoms with van der Waals surface area (Å²) in [6, 6.07) is 0. The van der Waals surface area contributed by atoms with Crippen molar-refractivity contribution in [2.45, 2.75) is 58.4 Å².